The van der Waals surface area contributed by atoms with Crippen LogP contribution in [0.4, 0.5) is 0 Å². The fourth-order valence-electron chi connectivity index (χ4n) is 2.55. The Morgan fingerprint density at radius 2 is 2.07 bits per heavy atom. The number of ether oxygens (including phenoxy) is 1. The molecule has 0 bridgehead atoms. The molecule has 0 atom stereocenters. The van der Waals surface area contributed by atoms with E-state index in [9.17, 15) is 4.79 Å². The molecule has 0 saturated heterocycles. The zero-order chi connectivity index (χ0) is 19.2. The molecule has 27 heavy (non-hydrogen) atoms. The first-order valence-electron chi connectivity index (χ1n) is 8.78. The van der Waals surface area contributed by atoms with E-state index >= 15 is 0 Å². The number of nitrogens with zero attached hydrogens (tertiary/aromatic N) is 4. The lowest BCUT2D eigenvalue weighted by Gasteiger charge is -2.04. The average molecular weight is 389 g/mol. The van der Waals surface area contributed by atoms with E-state index in [0.717, 1.165) is 12.0 Å². The second-order valence-electron chi connectivity index (χ2n) is 6.39. The summed E-state index contributed by atoms with van der Waals surface area (Å²) in [5.41, 5.74) is 1.95. The average Bonchev–Trinajstić information content (AvgIpc) is 3.28. The van der Waals surface area contributed by atoms with E-state index in [1.54, 1.807) is 11.7 Å². The fourth-order valence-corrected chi connectivity index (χ4v) is 3.36. The van der Waals surface area contributed by atoms with Crippen LogP contribution in [-0.2, 0) is 17.0 Å². The standard InChI is InChI=1S/C18H23N5O3S/c1-12(2)13-5-7-14(8-6-13)16-19-15(26-22-16)11-27-18-21-20-17(24)23(18)9-4-10-25-3/h5-8,12H,4,9-11H2,1-3H3,(H,20,24). The van der Waals surface area contributed by atoms with E-state index in [-0.39, 0.29) is 5.69 Å². The second-order valence-corrected chi connectivity index (χ2v) is 7.33. The number of aromatic amines is 1. The van der Waals surface area contributed by atoms with Gasteiger partial charge in [0.25, 0.3) is 0 Å². The molecule has 2 aromatic heterocycles. The first-order chi connectivity index (χ1) is 13.1. The minimum atomic E-state index is -0.231. The molecule has 8 nitrogen and oxygen atoms in total. The van der Waals surface area contributed by atoms with Gasteiger partial charge in [-0.2, -0.15) is 4.98 Å². The summed E-state index contributed by atoms with van der Waals surface area (Å²) in [4.78, 5) is 16.3. The van der Waals surface area contributed by atoms with Crippen molar-refractivity contribution in [3.8, 4) is 11.4 Å². The summed E-state index contributed by atoms with van der Waals surface area (Å²) >= 11 is 1.38. The van der Waals surface area contributed by atoms with Crippen LogP contribution in [0.15, 0.2) is 38.7 Å². The Balaban J connectivity index is 1.64. The van der Waals surface area contributed by atoms with Gasteiger partial charge in [0.1, 0.15) is 0 Å². The Morgan fingerprint density at radius 1 is 1.30 bits per heavy atom. The van der Waals surface area contributed by atoms with Crippen LogP contribution in [0.3, 0.4) is 0 Å². The van der Waals surface area contributed by atoms with Gasteiger partial charge in [-0.15, -0.1) is 5.10 Å². The van der Waals surface area contributed by atoms with Gasteiger partial charge in [-0.05, 0) is 17.9 Å². The second kappa shape index (κ2) is 9.01. The largest absolute Gasteiger partial charge is 0.385 e. The van der Waals surface area contributed by atoms with Crippen LogP contribution in [0.1, 0.15) is 37.6 Å². The number of aromatic nitrogens is 5. The van der Waals surface area contributed by atoms with Crippen molar-refractivity contribution in [2.45, 2.75) is 43.6 Å². The van der Waals surface area contributed by atoms with Gasteiger partial charge < -0.3 is 9.26 Å². The van der Waals surface area contributed by atoms with Crippen molar-refractivity contribution in [2.24, 2.45) is 0 Å². The molecule has 144 valence electrons. The van der Waals surface area contributed by atoms with Crippen molar-refractivity contribution in [3.63, 3.8) is 0 Å². The zero-order valence-electron chi connectivity index (χ0n) is 15.6. The Labute approximate surface area is 161 Å². The number of hydrogen-bond acceptors (Lipinski definition) is 7. The van der Waals surface area contributed by atoms with Crippen LogP contribution >= 0.6 is 11.8 Å². The summed E-state index contributed by atoms with van der Waals surface area (Å²) < 4.78 is 12.0. The quantitative estimate of drug-likeness (QED) is 0.443. The van der Waals surface area contributed by atoms with Crippen LogP contribution in [0.5, 0.6) is 0 Å². The van der Waals surface area contributed by atoms with E-state index in [1.807, 2.05) is 12.1 Å². The number of methoxy groups -OCH3 is 1. The van der Waals surface area contributed by atoms with Crippen molar-refractivity contribution in [2.75, 3.05) is 13.7 Å². The maximum absolute atomic E-state index is 11.8. The van der Waals surface area contributed by atoms with Crippen molar-refractivity contribution >= 4 is 11.8 Å². The summed E-state index contributed by atoms with van der Waals surface area (Å²) in [7, 11) is 1.64. The molecule has 2 heterocycles. The molecule has 0 radical (unpaired) electrons. The van der Waals surface area contributed by atoms with Gasteiger partial charge in [-0.1, -0.05) is 55.0 Å². The molecule has 0 aliphatic heterocycles. The molecular formula is C18H23N5O3S. The predicted octanol–water partition coefficient (Wildman–Crippen LogP) is 3.07. The van der Waals surface area contributed by atoms with Crippen molar-refractivity contribution in [3.05, 3.63) is 46.2 Å². The minimum Gasteiger partial charge on any atom is -0.385 e. The van der Waals surface area contributed by atoms with E-state index in [1.165, 1.54) is 17.3 Å². The Morgan fingerprint density at radius 3 is 2.78 bits per heavy atom. The highest BCUT2D eigenvalue weighted by Crippen LogP contribution is 2.23. The molecule has 0 spiro atoms. The third-order valence-electron chi connectivity index (χ3n) is 4.08. The Hall–Kier alpha value is -2.39. The molecule has 0 saturated carbocycles. The van der Waals surface area contributed by atoms with Gasteiger partial charge >= 0.3 is 5.69 Å². The van der Waals surface area contributed by atoms with Crippen LogP contribution in [0.2, 0.25) is 0 Å². The van der Waals surface area contributed by atoms with Crippen molar-refractivity contribution in [1.82, 2.24) is 24.9 Å². The monoisotopic (exact) mass is 389 g/mol. The maximum Gasteiger partial charge on any atom is 0.343 e. The molecule has 1 aromatic carbocycles. The van der Waals surface area contributed by atoms with E-state index in [2.05, 4.69) is 46.3 Å². The number of H-pyrrole nitrogens is 1. The van der Waals surface area contributed by atoms with Crippen LogP contribution in [0.25, 0.3) is 11.4 Å². The third kappa shape index (κ3) is 4.86. The van der Waals surface area contributed by atoms with Gasteiger partial charge in [-0.25, -0.2) is 9.89 Å². The molecule has 3 aromatic rings. The number of hydrogen-bond donors (Lipinski definition) is 1. The molecule has 0 unspecified atom stereocenters. The summed E-state index contributed by atoms with van der Waals surface area (Å²) in [5, 5.41) is 11.2. The van der Waals surface area contributed by atoms with Crippen molar-refractivity contribution < 1.29 is 9.26 Å². The molecule has 0 aliphatic rings. The summed E-state index contributed by atoms with van der Waals surface area (Å²) in [6, 6.07) is 8.15. The summed E-state index contributed by atoms with van der Waals surface area (Å²) in [6.45, 7) is 5.44. The SMILES string of the molecule is COCCCn1c(SCc2nc(-c3ccc(C(C)C)cc3)no2)n[nH]c1=O. The lowest BCUT2D eigenvalue weighted by molar-refractivity contribution is 0.189. The third-order valence-corrected chi connectivity index (χ3v) is 5.04. The fraction of sp³-hybridized carbons (Fsp3) is 0.444. The number of thioether (sulfide) groups is 1. The predicted molar refractivity (Wildman–Crippen MR) is 103 cm³/mol. The summed E-state index contributed by atoms with van der Waals surface area (Å²) in [5.74, 6) is 1.96. The lowest BCUT2D eigenvalue weighted by Crippen LogP contribution is -2.18. The first kappa shape index (κ1) is 19.4. The van der Waals surface area contributed by atoms with Gasteiger partial charge in [0.15, 0.2) is 5.16 Å². The highest BCUT2D eigenvalue weighted by Gasteiger charge is 2.13. The van der Waals surface area contributed by atoms with E-state index < -0.39 is 0 Å². The highest BCUT2D eigenvalue weighted by molar-refractivity contribution is 7.98. The number of rotatable bonds is 9. The number of benzene rings is 1. The minimum absolute atomic E-state index is 0.231. The molecule has 0 fully saturated rings. The Kier molecular flexibility index (Phi) is 6.46. The molecule has 3 rings (SSSR count). The molecular weight excluding hydrogens is 366 g/mol. The highest BCUT2D eigenvalue weighted by atomic mass is 32.2. The topological polar surface area (TPSA) is 98.8 Å². The van der Waals surface area contributed by atoms with Crippen LogP contribution in [-0.4, -0.2) is 38.6 Å². The van der Waals surface area contributed by atoms with Gasteiger partial charge in [0.2, 0.25) is 11.7 Å². The van der Waals surface area contributed by atoms with E-state index in [4.69, 9.17) is 9.26 Å². The van der Waals surface area contributed by atoms with Crippen LogP contribution in [0, 0.1) is 0 Å². The van der Waals surface area contributed by atoms with Gasteiger partial charge in [0.05, 0.1) is 5.75 Å². The lowest BCUT2D eigenvalue weighted by atomic mass is 10.0. The Bertz CT molecular complexity index is 914. The molecule has 9 heteroatoms. The van der Waals surface area contributed by atoms with Crippen molar-refractivity contribution in [1.29, 1.82) is 0 Å². The smallest absolute Gasteiger partial charge is 0.343 e. The number of nitrogens with one attached hydrogen (secondary N) is 1. The normalized spacial score (nSPS) is 11.4. The maximum atomic E-state index is 11.8. The first-order valence-corrected chi connectivity index (χ1v) is 9.77. The van der Waals surface area contributed by atoms with Crippen LogP contribution < -0.4 is 5.69 Å². The van der Waals surface area contributed by atoms with Gasteiger partial charge in [0, 0.05) is 25.8 Å². The molecule has 0 aliphatic carbocycles. The zero-order valence-corrected chi connectivity index (χ0v) is 16.5. The molecule has 1 N–H and O–H groups in total. The van der Waals surface area contributed by atoms with E-state index in [0.29, 0.717) is 41.7 Å². The summed E-state index contributed by atoms with van der Waals surface area (Å²) in [6.07, 6.45) is 0.737. The molecule has 0 amide bonds. The van der Waals surface area contributed by atoms with Gasteiger partial charge in [-0.3, -0.25) is 4.57 Å².